The first-order valence-electron chi connectivity index (χ1n) is 8.21. The third kappa shape index (κ3) is 3.82. The van der Waals surface area contributed by atoms with E-state index in [1.807, 2.05) is 13.0 Å². The van der Waals surface area contributed by atoms with E-state index in [0.29, 0.717) is 29.2 Å². The van der Waals surface area contributed by atoms with Crippen LogP contribution in [0.15, 0.2) is 36.4 Å². The van der Waals surface area contributed by atoms with E-state index >= 15 is 0 Å². The summed E-state index contributed by atoms with van der Waals surface area (Å²) in [5.41, 5.74) is 2.58. The summed E-state index contributed by atoms with van der Waals surface area (Å²) in [6, 6.07) is 10.5. The minimum absolute atomic E-state index is 0.0313. The first kappa shape index (κ1) is 17.0. The van der Waals surface area contributed by atoms with Crippen molar-refractivity contribution >= 4 is 11.8 Å². The monoisotopic (exact) mass is 340 g/mol. The molecule has 2 aromatic carbocycles. The van der Waals surface area contributed by atoms with Crippen molar-refractivity contribution in [3.05, 3.63) is 53.1 Å². The number of hydrogen-bond donors (Lipinski definition) is 0. The standard InChI is InChI=1S/C20H20O5/c1-13-6-11-18(20-16(13)4-3-5-17(20)21)25-19(22)12-24-15-9-7-14(23-2)8-10-15/h6-11H,3-5,12H2,1-2H3. The van der Waals surface area contributed by atoms with E-state index in [1.54, 1.807) is 37.4 Å². The number of ketones is 1. The molecule has 0 amide bonds. The Morgan fingerprint density at radius 1 is 1.04 bits per heavy atom. The number of hydrogen-bond acceptors (Lipinski definition) is 5. The number of benzene rings is 2. The fraction of sp³-hybridized carbons (Fsp3) is 0.300. The number of methoxy groups -OCH3 is 1. The summed E-state index contributed by atoms with van der Waals surface area (Å²) in [6.45, 7) is 1.74. The molecule has 5 nitrogen and oxygen atoms in total. The highest BCUT2D eigenvalue weighted by Gasteiger charge is 2.24. The molecule has 0 saturated carbocycles. The number of esters is 1. The Morgan fingerprint density at radius 2 is 1.76 bits per heavy atom. The molecule has 0 heterocycles. The minimum atomic E-state index is -0.541. The molecule has 5 heteroatoms. The summed E-state index contributed by atoms with van der Waals surface area (Å²) in [6.07, 6.45) is 2.16. The Bertz CT molecular complexity index is 792. The van der Waals surface area contributed by atoms with Crippen LogP contribution in [0.1, 0.15) is 34.3 Å². The molecule has 0 fully saturated rings. The maximum Gasteiger partial charge on any atom is 0.349 e. The molecular weight excluding hydrogens is 320 g/mol. The average Bonchev–Trinajstić information content (AvgIpc) is 2.63. The van der Waals surface area contributed by atoms with Crippen molar-refractivity contribution in [3.8, 4) is 17.2 Å². The summed E-state index contributed by atoms with van der Waals surface area (Å²) in [7, 11) is 1.58. The van der Waals surface area contributed by atoms with Crippen molar-refractivity contribution in [1.82, 2.24) is 0 Å². The normalized spacial score (nSPS) is 13.1. The minimum Gasteiger partial charge on any atom is -0.497 e. The molecule has 0 aliphatic heterocycles. The van der Waals surface area contributed by atoms with Crippen molar-refractivity contribution in [3.63, 3.8) is 0 Å². The number of rotatable bonds is 5. The van der Waals surface area contributed by atoms with Crippen molar-refractivity contribution in [2.45, 2.75) is 26.2 Å². The Balaban J connectivity index is 1.68. The Morgan fingerprint density at radius 3 is 2.48 bits per heavy atom. The molecule has 0 spiro atoms. The van der Waals surface area contributed by atoms with Gasteiger partial charge in [-0.05, 0) is 61.2 Å². The molecule has 1 aliphatic rings. The number of carbonyl (C=O) groups is 2. The molecule has 130 valence electrons. The molecule has 25 heavy (non-hydrogen) atoms. The van der Waals surface area contributed by atoms with Gasteiger partial charge in [0.2, 0.25) is 0 Å². The largest absolute Gasteiger partial charge is 0.497 e. The van der Waals surface area contributed by atoms with Crippen LogP contribution in [-0.2, 0) is 11.2 Å². The van der Waals surface area contributed by atoms with Crippen molar-refractivity contribution in [2.24, 2.45) is 0 Å². The summed E-state index contributed by atoms with van der Waals surface area (Å²) < 4.78 is 15.9. The van der Waals surface area contributed by atoms with Crippen molar-refractivity contribution in [1.29, 1.82) is 0 Å². The highest BCUT2D eigenvalue weighted by atomic mass is 16.6. The molecule has 0 aromatic heterocycles. The van der Waals surface area contributed by atoms with Crippen molar-refractivity contribution < 1.29 is 23.8 Å². The molecular formula is C20H20O5. The molecule has 0 radical (unpaired) electrons. The SMILES string of the molecule is COc1ccc(OCC(=O)Oc2ccc(C)c3c2C(=O)CCC3)cc1. The van der Waals surface area contributed by atoms with Crippen LogP contribution in [0.5, 0.6) is 17.2 Å². The third-order valence-electron chi connectivity index (χ3n) is 4.26. The van der Waals surface area contributed by atoms with Crippen LogP contribution >= 0.6 is 0 Å². The van der Waals surface area contributed by atoms with Gasteiger partial charge in [-0.2, -0.15) is 0 Å². The topological polar surface area (TPSA) is 61.8 Å². The van der Waals surface area contributed by atoms with Gasteiger partial charge in [-0.1, -0.05) is 6.07 Å². The van der Waals surface area contributed by atoms with Gasteiger partial charge in [-0.3, -0.25) is 4.79 Å². The molecule has 3 rings (SSSR count). The second kappa shape index (κ2) is 7.38. The van der Waals surface area contributed by atoms with Gasteiger partial charge in [0.05, 0.1) is 12.7 Å². The van der Waals surface area contributed by atoms with Gasteiger partial charge in [0.15, 0.2) is 12.4 Å². The summed E-state index contributed by atoms with van der Waals surface area (Å²) in [5.74, 6) is 1.07. The molecule has 0 N–H and O–H groups in total. The van der Waals surface area contributed by atoms with Gasteiger partial charge in [0.1, 0.15) is 17.2 Å². The number of Topliss-reactive ketones (excluding diaryl/α,β-unsaturated/α-hetero) is 1. The lowest BCUT2D eigenvalue weighted by molar-refractivity contribution is -0.136. The molecule has 0 atom stereocenters. The number of fused-ring (bicyclic) bond motifs is 1. The van der Waals surface area contributed by atoms with Gasteiger partial charge in [0, 0.05) is 6.42 Å². The predicted octanol–water partition coefficient (Wildman–Crippen LogP) is 3.51. The van der Waals surface area contributed by atoms with E-state index in [2.05, 4.69) is 0 Å². The highest BCUT2D eigenvalue weighted by Crippen LogP contribution is 2.32. The van der Waals surface area contributed by atoms with Gasteiger partial charge >= 0.3 is 5.97 Å². The average molecular weight is 340 g/mol. The zero-order chi connectivity index (χ0) is 17.8. The number of carbonyl (C=O) groups excluding carboxylic acids is 2. The van der Waals surface area contributed by atoms with Crippen molar-refractivity contribution in [2.75, 3.05) is 13.7 Å². The van der Waals surface area contributed by atoms with E-state index in [4.69, 9.17) is 14.2 Å². The maximum absolute atomic E-state index is 12.2. The smallest absolute Gasteiger partial charge is 0.349 e. The van der Waals surface area contributed by atoms with Gasteiger partial charge in [-0.25, -0.2) is 4.79 Å². The molecule has 1 aliphatic carbocycles. The number of ether oxygens (including phenoxy) is 3. The van der Waals surface area contributed by atoms with Gasteiger partial charge in [0.25, 0.3) is 0 Å². The van der Waals surface area contributed by atoms with Crippen LogP contribution in [0.2, 0.25) is 0 Å². The second-order valence-electron chi connectivity index (χ2n) is 5.95. The van der Waals surface area contributed by atoms with Crippen LogP contribution in [0.3, 0.4) is 0 Å². The summed E-state index contributed by atoms with van der Waals surface area (Å²) in [4.78, 5) is 24.3. The van der Waals surface area contributed by atoms with Crippen LogP contribution < -0.4 is 14.2 Å². The van der Waals surface area contributed by atoms with E-state index < -0.39 is 5.97 Å². The predicted molar refractivity (Wildman–Crippen MR) is 92.6 cm³/mol. The zero-order valence-electron chi connectivity index (χ0n) is 14.3. The van der Waals surface area contributed by atoms with E-state index in [-0.39, 0.29) is 12.4 Å². The first-order chi connectivity index (χ1) is 12.1. The highest BCUT2D eigenvalue weighted by molar-refractivity contribution is 6.02. The molecule has 0 unspecified atom stereocenters. The third-order valence-corrected chi connectivity index (χ3v) is 4.26. The van der Waals surface area contributed by atoms with E-state index in [1.165, 1.54) is 0 Å². The van der Waals surface area contributed by atoms with Crippen LogP contribution in [0, 0.1) is 6.92 Å². The first-order valence-corrected chi connectivity index (χ1v) is 8.21. The number of aryl methyl sites for hydroxylation is 1. The molecule has 2 aromatic rings. The lowest BCUT2D eigenvalue weighted by atomic mass is 9.87. The molecule has 0 saturated heterocycles. The quantitative estimate of drug-likeness (QED) is 0.616. The Hall–Kier alpha value is -2.82. The lowest BCUT2D eigenvalue weighted by Crippen LogP contribution is -2.21. The Labute approximate surface area is 146 Å². The van der Waals surface area contributed by atoms with Crippen LogP contribution in [0.25, 0.3) is 0 Å². The Kier molecular flexibility index (Phi) is 5.03. The maximum atomic E-state index is 12.2. The fourth-order valence-electron chi connectivity index (χ4n) is 2.96. The molecule has 0 bridgehead atoms. The lowest BCUT2D eigenvalue weighted by Gasteiger charge is -2.20. The zero-order valence-corrected chi connectivity index (χ0v) is 14.3. The second-order valence-corrected chi connectivity index (χ2v) is 5.95. The van der Waals surface area contributed by atoms with Gasteiger partial charge in [-0.15, -0.1) is 0 Å². The fourth-order valence-corrected chi connectivity index (χ4v) is 2.96. The van der Waals surface area contributed by atoms with Gasteiger partial charge < -0.3 is 14.2 Å². The van der Waals surface area contributed by atoms with E-state index in [9.17, 15) is 9.59 Å². The van der Waals surface area contributed by atoms with E-state index in [0.717, 1.165) is 24.0 Å². The van der Waals surface area contributed by atoms with Crippen LogP contribution in [0.4, 0.5) is 0 Å². The summed E-state index contributed by atoms with van der Waals surface area (Å²) >= 11 is 0. The summed E-state index contributed by atoms with van der Waals surface area (Å²) in [5, 5.41) is 0. The van der Waals surface area contributed by atoms with Crippen LogP contribution in [-0.4, -0.2) is 25.5 Å².